The lowest BCUT2D eigenvalue weighted by atomic mass is 10.1. The van der Waals surface area contributed by atoms with E-state index in [4.69, 9.17) is 16.7 Å². The molecule has 5 heteroatoms. The molecular formula is C14H16ClNO3. The Hall–Kier alpha value is -1.55. The summed E-state index contributed by atoms with van der Waals surface area (Å²) in [4.78, 5) is 24.3. The summed E-state index contributed by atoms with van der Waals surface area (Å²) in [6.07, 6.45) is 0.735. The molecule has 0 spiro atoms. The number of aliphatic carboxylic acids is 1. The van der Waals surface area contributed by atoms with E-state index in [0.717, 1.165) is 12.0 Å². The minimum absolute atomic E-state index is 0.115. The Morgan fingerprint density at radius 1 is 1.42 bits per heavy atom. The van der Waals surface area contributed by atoms with Crippen molar-refractivity contribution in [3.8, 4) is 0 Å². The first-order chi connectivity index (χ1) is 8.93. The van der Waals surface area contributed by atoms with Crippen LogP contribution in [0.25, 0.3) is 0 Å². The number of carboxylic acids is 1. The van der Waals surface area contributed by atoms with E-state index in [9.17, 15) is 9.59 Å². The van der Waals surface area contributed by atoms with Gasteiger partial charge in [-0.2, -0.15) is 0 Å². The Bertz CT molecular complexity index is 517. The molecular weight excluding hydrogens is 266 g/mol. The molecule has 0 aromatic heterocycles. The molecule has 1 aromatic carbocycles. The third-order valence-corrected chi connectivity index (χ3v) is 4.04. The van der Waals surface area contributed by atoms with Crippen LogP contribution in [0, 0.1) is 5.92 Å². The number of hydrogen-bond donors (Lipinski definition) is 1. The van der Waals surface area contributed by atoms with Crippen molar-refractivity contribution >= 4 is 23.5 Å². The van der Waals surface area contributed by atoms with E-state index < -0.39 is 12.0 Å². The highest BCUT2D eigenvalue weighted by atomic mass is 35.5. The third-order valence-electron chi connectivity index (χ3n) is 3.70. The molecule has 1 aliphatic carbocycles. The van der Waals surface area contributed by atoms with Gasteiger partial charge in [0.15, 0.2) is 0 Å². The molecule has 1 aromatic rings. The minimum atomic E-state index is -0.995. The van der Waals surface area contributed by atoms with Crippen LogP contribution >= 0.6 is 11.6 Å². The normalized spacial score (nSPS) is 22.7. The second kappa shape index (κ2) is 5.21. The molecule has 0 unspecified atom stereocenters. The van der Waals surface area contributed by atoms with Gasteiger partial charge in [-0.25, -0.2) is 4.79 Å². The molecule has 0 aliphatic heterocycles. The highest BCUT2D eigenvalue weighted by Gasteiger charge is 2.46. The van der Waals surface area contributed by atoms with Crippen LogP contribution < -0.4 is 0 Å². The molecule has 19 heavy (non-hydrogen) atoms. The Labute approximate surface area is 117 Å². The van der Waals surface area contributed by atoms with Crippen molar-refractivity contribution in [2.45, 2.75) is 25.3 Å². The number of amides is 1. The van der Waals surface area contributed by atoms with Gasteiger partial charge in [-0.15, -0.1) is 0 Å². The van der Waals surface area contributed by atoms with Crippen molar-refractivity contribution in [2.75, 3.05) is 7.05 Å². The van der Waals surface area contributed by atoms with Gasteiger partial charge in [-0.1, -0.05) is 29.8 Å². The maximum atomic E-state index is 12.2. The van der Waals surface area contributed by atoms with Crippen LogP contribution in [-0.4, -0.2) is 35.0 Å². The lowest BCUT2D eigenvalue weighted by Crippen LogP contribution is -2.41. The predicted octanol–water partition coefficient (Wildman–Crippen LogP) is 2.38. The summed E-state index contributed by atoms with van der Waals surface area (Å²) < 4.78 is 0. The predicted molar refractivity (Wildman–Crippen MR) is 72.2 cm³/mol. The number of rotatable bonds is 4. The number of benzene rings is 1. The number of likely N-dealkylation sites (N-methyl/N-ethyl adjacent to an activating group) is 1. The quantitative estimate of drug-likeness (QED) is 0.922. The van der Waals surface area contributed by atoms with Crippen LogP contribution in [0.3, 0.4) is 0 Å². The van der Waals surface area contributed by atoms with Gasteiger partial charge >= 0.3 is 5.97 Å². The summed E-state index contributed by atoms with van der Waals surface area (Å²) in [5.41, 5.74) is 0.971. The lowest BCUT2D eigenvalue weighted by molar-refractivity contribution is -0.148. The van der Waals surface area contributed by atoms with E-state index in [2.05, 4.69) is 0 Å². The zero-order chi connectivity index (χ0) is 14.2. The lowest BCUT2D eigenvalue weighted by Gasteiger charge is -2.21. The summed E-state index contributed by atoms with van der Waals surface area (Å²) in [5.74, 6) is -1.15. The van der Waals surface area contributed by atoms with E-state index in [1.54, 1.807) is 6.07 Å². The summed E-state index contributed by atoms with van der Waals surface area (Å²) in [7, 11) is 1.53. The highest BCUT2D eigenvalue weighted by Crippen LogP contribution is 2.50. The molecule has 2 rings (SSSR count). The molecule has 0 radical (unpaired) electrons. The van der Waals surface area contributed by atoms with Crippen molar-refractivity contribution in [1.29, 1.82) is 0 Å². The Kier molecular flexibility index (Phi) is 3.80. The van der Waals surface area contributed by atoms with E-state index in [1.165, 1.54) is 18.9 Å². The van der Waals surface area contributed by atoms with Crippen LogP contribution in [0.4, 0.5) is 0 Å². The van der Waals surface area contributed by atoms with Crippen molar-refractivity contribution in [2.24, 2.45) is 5.92 Å². The van der Waals surface area contributed by atoms with Gasteiger partial charge in [0.05, 0.1) is 0 Å². The smallest absolute Gasteiger partial charge is 0.326 e. The highest BCUT2D eigenvalue weighted by molar-refractivity contribution is 6.31. The Morgan fingerprint density at radius 2 is 2.05 bits per heavy atom. The molecule has 0 bridgehead atoms. The number of carboxylic acid groups (broad SMARTS) is 1. The van der Waals surface area contributed by atoms with Gasteiger partial charge in [0.1, 0.15) is 6.04 Å². The maximum absolute atomic E-state index is 12.2. The average molecular weight is 282 g/mol. The zero-order valence-electron chi connectivity index (χ0n) is 10.8. The van der Waals surface area contributed by atoms with Gasteiger partial charge in [-0.3, -0.25) is 4.79 Å². The second-order valence-electron chi connectivity index (χ2n) is 4.93. The van der Waals surface area contributed by atoms with E-state index >= 15 is 0 Å². The van der Waals surface area contributed by atoms with Crippen molar-refractivity contribution in [3.05, 3.63) is 34.9 Å². The molecule has 1 saturated carbocycles. The van der Waals surface area contributed by atoms with Crippen molar-refractivity contribution < 1.29 is 14.7 Å². The third kappa shape index (κ3) is 2.73. The van der Waals surface area contributed by atoms with Crippen LogP contribution in [0.2, 0.25) is 5.02 Å². The molecule has 1 N–H and O–H groups in total. The summed E-state index contributed by atoms with van der Waals surface area (Å²) in [5, 5.41) is 9.58. The van der Waals surface area contributed by atoms with Gasteiger partial charge in [-0.05, 0) is 30.9 Å². The van der Waals surface area contributed by atoms with E-state index in [0.29, 0.717) is 5.02 Å². The number of nitrogens with zero attached hydrogens (tertiary/aromatic N) is 1. The summed E-state index contributed by atoms with van der Waals surface area (Å²) in [6.45, 7) is 1.51. The standard InChI is InChI=1S/C14H16ClNO3/c1-8(14(18)19)16(2)13(17)11-7-10(11)9-5-3-4-6-12(9)15/h3-6,8,10-11H,7H2,1-2H3,(H,18,19)/t8-,10-,11+/m1/s1. The van der Waals surface area contributed by atoms with Gasteiger partial charge in [0.2, 0.25) is 5.91 Å². The van der Waals surface area contributed by atoms with Gasteiger partial charge < -0.3 is 10.0 Å². The number of carbonyl (C=O) groups is 2. The minimum Gasteiger partial charge on any atom is -0.480 e. The molecule has 102 valence electrons. The second-order valence-corrected chi connectivity index (χ2v) is 5.34. The Balaban J connectivity index is 2.05. The first-order valence-electron chi connectivity index (χ1n) is 6.17. The number of hydrogen-bond acceptors (Lipinski definition) is 2. The van der Waals surface area contributed by atoms with Crippen LogP contribution in [0.15, 0.2) is 24.3 Å². The zero-order valence-corrected chi connectivity index (χ0v) is 11.6. The van der Waals surface area contributed by atoms with E-state index in [-0.39, 0.29) is 17.7 Å². The molecule has 1 fully saturated rings. The molecule has 1 aliphatic rings. The monoisotopic (exact) mass is 281 g/mol. The Morgan fingerprint density at radius 3 is 2.63 bits per heavy atom. The molecule has 0 heterocycles. The largest absolute Gasteiger partial charge is 0.480 e. The van der Waals surface area contributed by atoms with Crippen LogP contribution in [0.1, 0.15) is 24.8 Å². The maximum Gasteiger partial charge on any atom is 0.326 e. The molecule has 3 atom stereocenters. The number of halogens is 1. The fourth-order valence-electron chi connectivity index (χ4n) is 2.21. The first kappa shape index (κ1) is 13.9. The average Bonchev–Trinajstić information content (AvgIpc) is 3.16. The summed E-state index contributed by atoms with van der Waals surface area (Å²) in [6, 6.07) is 6.66. The molecule has 0 saturated heterocycles. The fraction of sp³-hybridized carbons (Fsp3) is 0.429. The van der Waals surface area contributed by atoms with Gasteiger partial charge in [0.25, 0.3) is 0 Å². The van der Waals surface area contributed by atoms with E-state index in [1.807, 2.05) is 18.2 Å². The molecule has 4 nitrogen and oxygen atoms in total. The van der Waals surface area contributed by atoms with Crippen molar-refractivity contribution in [1.82, 2.24) is 4.90 Å². The summed E-state index contributed by atoms with van der Waals surface area (Å²) >= 11 is 6.10. The van der Waals surface area contributed by atoms with Crippen LogP contribution in [0.5, 0.6) is 0 Å². The van der Waals surface area contributed by atoms with Gasteiger partial charge in [0, 0.05) is 18.0 Å². The number of carbonyl (C=O) groups excluding carboxylic acids is 1. The first-order valence-corrected chi connectivity index (χ1v) is 6.55. The van der Waals surface area contributed by atoms with Crippen molar-refractivity contribution in [3.63, 3.8) is 0 Å². The topological polar surface area (TPSA) is 57.6 Å². The SMILES string of the molecule is C[C@H](C(=O)O)N(C)C(=O)[C@H]1C[C@@H]1c1ccccc1Cl. The molecule has 1 amide bonds. The fourth-order valence-corrected chi connectivity index (χ4v) is 2.48. The van der Waals surface area contributed by atoms with Crippen LogP contribution in [-0.2, 0) is 9.59 Å².